The minimum atomic E-state index is -1.30. The summed E-state index contributed by atoms with van der Waals surface area (Å²) in [6, 6.07) is 5.80. The van der Waals surface area contributed by atoms with Gasteiger partial charge in [-0.1, -0.05) is 6.07 Å². The molecule has 0 bridgehead atoms. The van der Waals surface area contributed by atoms with Crippen molar-refractivity contribution < 1.29 is 27.2 Å². The normalized spacial score (nSPS) is 15.7. The number of carbonyl (C=O) groups excluding carboxylic acids is 2. The molecule has 158 valence electrons. The van der Waals surface area contributed by atoms with Gasteiger partial charge in [-0.3, -0.25) is 9.59 Å². The van der Waals surface area contributed by atoms with E-state index in [4.69, 9.17) is 0 Å². The predicted molar refractivity (Wildman–Crippen MR) is 103 cm³/mol. The molecule has 1 fully saturated rings. The van der Waals surface area contributed by atoms with Crippen LogP contribution in [0, 0.1) is 23.3 Å². The van der Waals surface area contributed by atoms with Crippen LogP contribution in [0.3, 0.4) is 0 Å². The summed E-state index contributed by atoms with van der Waals surface area (Å²) in [5.74, 6) is -4.97. The monoisotopic (exact) mass is 421 g/mol. The van der Waals surface area contributed by atoms with Crippen molar-refractivity contribution in [1.29, 1.82) is 0 Å². The van der Waals surface area contributed by atoms with E-state index < -0.39 is 40.6 Å². The van der Waals surface area contributed by atoms with Crippen molar-refractivity contribution in [2.75, 3.05) is 18.4 Å². The molecular formula is C21H19F4N3O2. The molecule has 0 aliphatic carbocycles. The molecule has 1 aliphatic rings. The van der Waals surface area contributed by atoms with Crippen LogP contribution in [0.25, 0.3) is 6.08 Å². The zero-order valence-electron chi connectivity index (χ0n) is 15.8. The van der Waals surface area contributed by atoms with Gasteiger partial charge >= 0.3 is 0 Å². The topological polar surface area (TPSA) is 70.2 Å². The zero-order chi connectivity index (χ0) is 21.7. The molecule has 1 aliphatic heterocycles. The van der Waals surface area contributed by atoms with Gasteiger partial charge in [0.1, 0.15) is 17.2 Å². The van der Waals surface area contributed by atoms with E-state index in [1.807, 2.05) is 0 Å². The van der Waals surface area contributed by atoms with Crippen LogP contribution in [0.2, 0.25) is 0 Å². The molecule has 2 amide bonds. The van der Waals surface area contributed by atoms with E-state index in [1.54, 1.807) is 0 Å². The SMILES string of the molecule is O=C(C=Cc1ccc(F)c(F)c1)NC1(C(=O)Nc2cc(F)cc(F)c2)CCNCC1. The van der Waals surface area contributed by atoms with E-state index in [0.717, 1.165) is 30.3 Å². The van der Waals surface area contributed by atoms with Crippen LogP contribution in [0.1, 0.15) is 18.4 Å². The lowest BCUT2D eigenvalue weighted by molar-refractivity contribution is -0.129. The van der Waals surface area contributed by atoms with E-state index in [0.29, 0.717) is 19.2 Å². The quantitative estimate of drug-likeness (QED) is 0.513. The molecule has 3 N–H and O–H groups in total. The Morgan fingerprint density at radius 1 is 0.933 bits per heavy atom. The lowest BCUT2D eigenvalue weighted by Gasteiger charge is -2.36. The van der Waals surface area contributed by atoms with Crippen molar-refractivity contribution in [2.45, 2.75) is 18.4 Å². The van der Waals surface area contributed by atoms with Gasteiger partial charge in [0.05, 0.1) is 0 Å². The van der Waals surface area contributed by atoms with E-state index in [9.17, 15) is 27.2 Å². The first kappa shape index (κ1) is 21.5. The molecule has 2 aromatic carbocycles. The minimum absolute atomic E-state index is 0.0676. The molecule has 0 unspecified atom stereocenters. The van der Waals surface area contributed by atoms with Gasteiger partial charge in [-0.2, -0.15) is 0 Å². The number of hydrogen-bond acceptors (Lipinski definition) is 3. The maximum absolute atomic E-state index is 13.4. The third-order valence-electron chi connectivity index (χ3n) is 4.75. The predicted octanol–water partition coefficient (Wildman–Crippen LogP) is 3.13. The van der Waals surface area contributed by atoms with Gasteiger partial charge in [0.15, 0.2) is 11.6 Å². The highest BCUT2D eigenvalue weighted by Gasteiger charge is 2.40. The number of piperidine rings is 1. The standard InChI is InChI=1S/C21H19F4N3O2/c22-14-10-15(23)12-16(11-14)27-20(30)21(5-7-26-8-6-21)28-19(29)4-2-13-1-3-17(24)18(25)9-13/h1-4,9-12,26H,5-8H2,(H,27,30)(H,28,29). The molecular weight excluding hydrogens is 402 g/mol. The third kappa shape index (κ3) is 5.24. The number of hydrogen-bond donors (Lipinski definition) is 3. The number of rotatable bonds is 5. The molecule has 5 nitrogen and oxygen atoms in total. The lowest BCUT2D eigenvalue weighted by Crippen LogP contribution is -2.61. The van der Waals surface area contributed by atoms with Gasteiger partial charge in [-0.25, -0.2) is 17.6 Å². The fourth-order valence-electron chi connectivity index (χ4n) is 3.20. The smallest absolute Gasteiger partial charge is 0.250 e. The van der Waals surface area contributed by atoms with Crippen molar-refractivity contribution in [3.8, 4) is 0 Å². The van der Waals surface area contributed by atoms with Gasteiger partial charge in [-0.15, -0.1) is 0 Å². The average Bonchev–Trinajstić information content (AvgIpc) is 2.69. The van der Waals surface area contributed by atoms with Crippen molar-refractivity contribution in [3.05, 3.63) is 71.3 Å². The first-order valence-corrected chi connectivity index (χ1v) is 9.21. The van der Waals surface area contributed by atoms with E-state index in [2.05, 4.69) is 16.0 Å². The Labute approximate surface area is 170 Å². The lowest BCUT2D eigenvalue weighted by atomic mass is 9.87. The Hall–Kier alpha value is -3.20. The maximum atomic E-state index is 13.4. The van der Waals surface area contributed by atoms with Crippen LogP contribution in [0.4, 0.5) is 23.2 Å². The molecule has 3 rings (SSSR count). The Morgan fingerprint density at radius 3 is 2.23 bits per heavy atom. The summed E-state index contributed by atoms with van der Waals surface area (Å²) in [4.78, 5) is 25.3. The number of benzene rings is 2. The molecule has 9 heteroatoms. The molecule has 1 saturated heterocycles. The highest BCUT2D eigenvalue weighted by Crippen LogP contribution is 2.22. The molecule has 0 saturated carbocycles. The van der Waals surface area contributed by atoms with Crippen LogP contribution < -0.4 is 16.0 Å². The van der Waals surface area contributed by atoms with Gasteiger partial charge < -0.3 is 16.0 Å². The van der Waals surface area contributed by atoms with E-state index in [1.165, 1.54) is 12.1 Å². The van der Waals surface area contributed by atoms with Gasteiger partial charge in [0, 0.05) is 17.8 Å². The number of halogens is 4. The highest BCUT2D eigenvalue weighted by molar-refractivity contribution is 6.03. The van der Waals surface area contributed by atoms with Crippen LogP contribution in [-0.2, 0) is 9.59 Å². The summed E-state index contributed by atoms with van der Waals surface area (Å²) < 4.78 is 53.1. The van der Waals surface area contributed by atoms with Crippen LogP contribution in [0.5, 0.6) is 0 Å². The number of nitrogens with one attached hydrogen (secondary N) is 3. The Balaban J connectivity index is 1.75. The van der Waals surface area contributed by atoms with Crippen molar-refractivity contribution in [3.63, 3.8) is 0 Å². The summed E-state index contributed by atoms with van der Waals surface area (Å²) in [7, 11) is 0. The second-order valence-electron chi connectivity index (χ2n) is 6.94. The summed E-state index contributed by atoms with van der Waals surface area (Å²) in [6.07, 6.45) is 2.89. The van der Waals surface area contributed by atoms with E-state index >= 15 is 0 Å². The second-order valence-corrected chi connectivity index (χ2v) is 6.94. The first-order chi connectivity index (χ1) is 14.3. The Bertz CT molecular complexity index is 968. The van der Waals surface area contributed by atoms with E-state index in [-0.39, 0.29) is 24.1 Å². The fourth-order valence-corrected chi connectivity index (χ4v) is 3.20. The van der Waals surface area contributed by atoms with Crippen LogP contribution in [-0.4, -0.2) is 30.4 Å². The molecule has 0 aromatic heterocycles. The molecule has 2 aromatic rings. The molecule has 1 heterocycles. The highest BCUT2D eigenvalue weighted by atomic mass is 19.2. The number of amides is 2. The minimum Gasteiger partial charge on any atom is -0.338 e. The van der Waals surface area contributed by atoms with Gasteiger partial charge in [-0.05, 0) is 61.8 Å². The first-order valence-electron chi connectivity index (χ1n) is 9.21. The largest absolute Gasteiger partial charge is 0.338 e. The summed E-state index contributed by atoms with van der Waals surface area (Å²) in [5, 5.41) is 8.17. The van der Waals surface area contributed by atoms with Crippen molar-refractivity contribution in [2.24, 2.45) is 0 Å². The molecule has 30 heavy (non-hydrogen) atoms. The average molecular weight is 421 g/mol. The van der Waals surface area contributed by atoms with Gasteiger partial charge in [0.25, 0.3) is 0 Å². The van der Waals surface area contributed by atoms with Crippen LogP contribution in [0.15, 0.2) is 42.5 Å². The zero-order valence-corrected chi connectivity index (χ0v) is 15.8. The fraction of sp³-hybridized carbons (Fsp3) is 0.238. The summed E-state index contributed by atoms with van der Waals surface area (Å²) >= 11 is 0. The van der Waals surface area contributed by atoms with Gasteiger partial charge in [0.2, 0.25) is 11.8 Å². The molecule has 0 atom stereocenters. The molecule has 0 spiro atoms. The van der Waals surface area contributed by atoms with Crippen molar-refractivity contribution >= 4 is 23.6 Å². The van der Waals surface area contributed by atoms with Crippen molar-refractivity contribution in [1.82, 2.24) is 10.6 Å². The number of carbonyl (C=O) groups is 2. The Kier molecular flexibility index (Phi) is 6.51. The summed E-state index contributed by atoms with van der Waals surface area (Å²) in [6.45, 7) is 0.885. The maximum Gasteiger partial charge on any atom is 0.250 e. The van der Waals surface area contributed by atoms with Crippen LogP contribution >= 0.6 is 0 Å². The molecule has 0 radical (unpaired) electrons. The Morgan fingerprint density at radius 2 is 1.60 bits per heavy atom. The number of anilines is 1. The third-order valence-corrected chi connectivity index (χ3v) is 4.75. The second kappa shape index (κ2) is 9.08. The summed E-state index contributed by atoms with van der Waals surface area (Å²) in [5.41, 5.74) is -1.10.